The molecule has 1 spiro atoms. The smallest absolute Gasteiger partial charge is 0.407 e. The number of carbonyl (C=O) groups excluding carboxylic acids is 2. The Bertz CT molecular complexity index is 964. The lowest BCUT2D eigenvalue weighted by molar-refractivity contribution is -0.143. The van der Waals surface area contributed by atoms with Gasteiger partial charge in [0.1, 0.15) is 12.3 Å². The number of hydrogen-bond donors (Lipinski definition) is 1. The van der Waals surface area contributed by atoms with E-state index in [9.17, 15) is 9.59 Å². The minimum atomic E-state index is -0.704. The van der Waals surface area contributed by atoms with Crippen molar-refractivity contribution in [3.63, 3.8) is 0 Å². The average molecular weight is 418 g/mol. The number of nitriles is 1. The van der Waals surface area contributed by atoms with Gasteiger partial charge in [0.25, 0.3) is 0 Å². The first-order chi connectivity index (χ1) is 13.8. The quantitative estimate of drug-likeness (QED) is 0.791. The van der Waals surface area contributed by atoms with Crippen LogP contribution in [0.3, 0.4) is 0 Å². The molecule has 0 unspecified atom stereocenters. The van der Waals surface area contributed by atoms with Crippen molar-refractivity contribution < 1.29 is 23.8 Å². The van der Waals surface area contributed by atoms with Crippen molar-refractivity contribution in [1.29, 1.82) is 5.26 Å². The van der Waals surface area contributed by atoms with Crippen molar-refractivity contribution in [3.05, 3.63) is 28.8 Å². The van der Waals surface area contributed by atoms with E-state index in [-0.39, 0.29) is 28.8 Å². The Balaban J connectivity index is 1.56. The second-order valence-electron chi connectivity index (χ2n) is 8.26. The van der Waals surface area contributed by atoms with Crippen LogP contribution in [-0.4, -0.2) is 49.2 Å². The summed E-state index contributed by atoms with van der Waals surface area (Å²) in [4.78, 5) is 27.1. The molecule has 1 aromatic rings. The molecule has 2 amide bonds. The molecular formula is C20H20ClN3O5. The largest absolute Gasteiger partial charge is 0.453 e. The van der Waals surface area contributed by atoms with Crippen LogP contribution in [-0.2, 0) is 19.0 Å². The molecule has 0 aliphatic carbocycles. The molecule has 4 fully saturated rings. The summed E-state index contributed by atoms with van der Waals surface area (Å²) in [5.74, 6) is -0.680. The Labute approximate surface area is 172 Å². The zero-order valence-electron chi connectivity index (χ0n) is 16.0. The fourth-order valence-corrected chi connectivity index (χ4v) is 6.05. The van der Waals surface area contributed by atoms with Gasteiger partial charge in [0.15, 0.2) is 0 Å². The standard InChI is InChI=1S/C20H20ClN3O5/c1-19-8-13(23-18(26)27-2)20(29-19)5-6-28-17-15(20)14(19)16(25)24(17)11-4-3-10(9-22)12(21)7-11/h3-4,7,13-15,17H,5-6,8H2,1-2H3,(H,23,26)/t13-,14-,15+,17+,19-,20+/m0/s1. The van der Waals surface area contributed by atoms with Gasteiger partial charge in [-0.1, -0.05) is 11.6 Å². The number of nitrogens with zero attached hydrogens (tertiary/aromatic N) is 2. The van der Waals surface area contributed by atoms with Gasteiger partial charge in [-0.15, -0.1) is 0 Å². The molecule has 1 N–H and O–H groups in total. The number of fused-ring (bicyclic) bond motifs is 2. The fraction of sp³-hybridized carbons (Fsp3) is 0.550. The van der Waals surface area contributed by atoms with E-state index in [0.717, 1.165) is 0 Å². The van der Waals surface area contributed by atoms with E-state index in [0.29, 0.717) is 30.7 Å². The summed E-state index contributed by atoms with van der Waals surface area (Å²) in [5.41, 5.74) is -0.445. The number of ether oxygens (including phenoxy) is 3. The van der Waals surface area contributed by atoms with Crippen LogP contribution in [0.1, 0.15) is 25.3 Å². The highest BCUT2D eigenvalue weighted by Gasteiger charge is 2.78. The molecule has 0 radical (unpaired) electrons. The lowest BCUT2D eigenvalue weighted by atomic mass is 9.64. The molecule has 0 saturated carbocycles. The molecule has 8 nitrogen and oxygen atoms in total. The number of halogens is 1. The van der Waals surface area contributed by atoms with Crippen LogP contribution in [0.2, 0.25) is 5.02 Å². The Morgan fingerprint density at radius 3 is 2.97 bits per heavy atom. The molecular weight excluding hydrogens is 398 g/mol. The van der Waals surface area contributed by atoms with Gasteiger partial charge < -0.3 is 19.5 Å². The molecule has 4 heterocycles. The summed E-state index contributed by atoms with van der Waals surface area (Å²) in [5, 5.41) is 12.3. The minimum Gasteiger partial charge on any atom is -0.453 e. The first kappa shape index (κ1) is 18.7. The van der Waals surface area contributed by atoms with Crippen molar-refractivity contribution in [3.8, 4) is 6.07 Å². The Morgan fingerprint density at radius 1 is 1.48 bits per heavy atom. The molecule has 6 atom stereocenters. The Morgan fingerprint density at radius 2 is 2.28 bits per heavy atom. The number of carbonyl (C=O) groups is 2. The summed E-state index contributed by atoms with van der Waals surface area (Å²) < 4.78 is 17.3. The number of amides is 2. The van der Waals surface area contributed by atoms with E-state index in [4.69, 9.17) is 31.1 Å². The number of nitrogens with one attached hydrogen (secondary N) is 1. The van der Waals surface area contributed by atoms with Crippen molar-refractivity contribution >= 4 is 29.3 Å². The van der Waals surface area contributed by atoms with E-state index < -0.39 is 23.5 Å². The average Bonchev–Trinajstić information content (AvgIpc) is 3.25. The molecule has 9 heteroatoms. The molecule has 1 aromatic carbocycles. The number of rotatable bonds is 2. The second kappa shape index (κ2) is 6.08. The van der Waals surface area contributed by atoms with E-state index >= 15 is 0 Å². The SMILES string of the molecule is COC(=O)N[C@H]1C[C@]2(C)O[C@]13CCO[C@@H]1[C@H]3[C@H]2C(=O)N1c1ccc(C#N)c(Cl)c1. The highest BCUT2D eigenvalue weighted by Crippen LogP contribution is 2.65. The number of hydrogen-bond acceptors (Lipinski definition) is 6. The van der Waals surface area contributed by atoms with E-state index in [2.05, 4.69) is 5.32 Å². The Kier molecular flexibility index (Phi) is 3.92. The zero-order chi connectivity index (χ0) is 20.6. The molecule has 29 heavy (non-hydrogen) atoms. The van der Waals surface area contributed by atoms with Crippen LogP contribution in [0.4, 0.5) is 10.5 Å². The molecule has 152 valence electrons. The molecule has 4 aliphatic heterocycles. The van der Waals surface area contributed by atoms with Crippen LogP contribution in [0.15, 0.2) is 18.2 Å². The van der Waals surface area contributed by atoms with E-state index in [1.165, 1.54) is 7.11 Å². The van der Waals surface area contributed by atoms with Crippen molar-refractivity contribution in [2.24, 2.45) is 11.8 Å². The summed E-state index contributed by atoms with van der Waals surface area (Å²) >= 11 is 6.21. The number of benzene rings is 1. The normalized spacial score (nSPS) is 39.2. The summed E-state index contributed by atoms with van der Waals surface area (Å²) in [6.45, 7) is 2.33. The van der Waals surface area contributed by atoms with Gasteiger partial charge in [-0.2, -0.15) is 5.26 Å². The lowest BCUT2D eigenvalue weighted by Gasteiger charge is -2.45. The zero-order valence-corrected chi connectivity index (χ0v) is 16.7. The van der Waals surface area contributed by atoms with Crippen molar-refractivity contribution in [2.45, 2.75) is 43.2 Å². The van der Waals surface area contributed by atoms with Crippen LogP contribution in [0.5, 0.6) is 0 Å². The third-order valence-corrected chi connectivity index (χ3v) is 7.19. The van der Waals surface area contributed by atoms with Gasteiger partial charge in [-0.3, -0.25) is 9.69 Å². The van der Waals surface area contributed by atoms with Crippen LogP contribution < -0.4 is 10.2 Å². The van der Waals surface area contributed by atoms with Gasteiger partial charge in [-0.25, -0.2) is 4.79 Å². The molecule has 2 bridgehead atoms. The number of alkyl carbamates (subject to hydrolysis) is 1. The van der Waals surface area contributed by atoms with Crippen molar-refractivity contribution in [1.82, 2.24) is 5.32 Å². The fourth-order valence-electron chi connectivity index (χ4n) is 5.84. The van der Waals surface area contributed by atoms with E-state index in [1.807, 2.05) is 13.0 Å². The number of anilines is 1. The van der Waals surface area contributed by atoms with Gasteiger partial charge in [0, 0.05) is 18.5 Å². The number of methoxy groups -OCH3 is 1. The summed E-state index contributed by atoms with van der Waals surface area (Å²) in [6.07, 6.45) is 0.0894. The first-order valence-electron chi connectivity index (χ1n) is 9.53. The van der Waals surface area contributed by atoms with Gasteiger partial charge >= 0.3 is 6.09 Å². The van der Waals surface area contributed by atoms with Crippen LogP contribution in [0.25, 0.3) is 0 Å². The molecule has 5 rings (SSSR count). The maximum atomic E-state index is 13.5. The summed E-state index contributed by atoms with van der Waals surface area (Å²) in [7, 11) is 1.33. The first-order valence-corrected chi connectivity index (χ1v) is 9.91. The van der Waals surface area contributed by atoms with Crippen LogP contribution >= 0.6 is 11.6 Å². The third kappa shape index (κ3) is 2.32. The third-order valence-electron chi connectivity index (χ3n) is 6.88. The molecule has 4 aliphatic rings. The van der Waals surface area contributed by atoms with Gasteiger partial charge in [-0.05, 0) is 25.1 Å². The highest BCUT2D eigenvalue weighted by molar-refractivity contribution is 6.32. The molecule has 0 aromatic heterocycles. The topological polar surface area (TPSA) is 101 Å². The summed E-state index contributed by atoms with van der Waals surface area (Å²) in [6, 6.07) is 6.71. The second-order valence-corrected chi connectivity index (χ2v) is 8.67. The monoisotopic (exact) mass is 417 g/mol. The van der Waals surface area contributed by atoms with Gasteiger partial charge in [0.05, 0.1) is 53.4 Å². The van der Waals surface area contributed by atoms with E-state index in [1.54, 1.807) is 23.1 Å². The Hall–Kier alpha value is -2.34. The predicted octanol–water partition coefficient (Wildman–Crippen LogP) is 2.19. The predicted molar refractivity (Wildman–Crippen MR) is 101 cm³/mol. The minimum absolute atomic E-state index is 0.0800. The van der Waals surface area contributed by atoms with Gasteiger partial charge in [0.2, 0.25) is 5.91 Å². The van der Waals surface area contributed by atoms with Crippen molar-refractivity contribution in [2.75, 3.05) is 18.6 Å². The van der Waals surface area contributed by atoms with Crippen LogP contribution in [0, 0.1) is 23.2 Å². The maximum Gasteiger partial charge on any atom is 0.407 e. The lowest BCUT2D eigenvalue weighted by Crippen LogP contribution is -2.61. The highest BCUT2D eigenvalue weighted by atomic mass is 35.5. The maximum absolute atomic E-state index is 13.5. The molecule has 4 saturated heterocycles.